The van der Waals surface area contributed by atoms with Gasteiger partial charge in [-0.1, -0.05) is 19.9 Å². The lowest BCUT2D eigenvalue weighted by molar-refractivity contribution is -0.130. The lowest BCUT2D eigenvalue weighted by atomic mass is 10.0. The van der Waals surface area contributed by atoms with E-state index in [1.807, 2.05) is 13.8 Å². The molecule has 2 rings (SSSR count). The van der Waals surface area contributed by atoms with Gasteiger partial charge in [0.05, 0.1) is 12.3 Å². The molecule has 1 aromatic heterocycles. The second-order valence-corrected chi connectivity index (χ2v) is 7.62. The number of carbonyl (C=O) groups excluding carboxylic acids is 4. The van der Waals surface area contributed by atoms with Gasteiger partial charge in [-0.25, -0.2) is 4.79 Å². The lowest BCUT2D eigenvalue weighted by Gasteiger charge is -2.25. The normalized spacial score (nSPS) is 19.2. The smallest absolute Gasteiger partial charge is 0.315 e. The number of hydrogen-bond donors (Lipinski definition) is 4. The van der Waals surface area contributed by atoms with E-state index in [-0.39, 0.29) is 31.2 Å². The molecule has 0 saturated carbocycles. The maximum Gasteiger partial charge on any atom is 0.315 e. The zero-order valence-corrected chi connectivity index (χ0v) is 17.2. The molecule has 1 fully saturated rings. The van der Waals surface area contributed by atoms with Crippen LogP contribution in [0.25, 0.3) is 0 Å². The number of primary amides is 1. The Morgan fingerprint density at radius 1 is 1.37 bits per heavy atom. The molecule has 10 heteroatoms. The molecule has 1 aliphatic rings. The Kier molecular flexibility index (Phi) is 8.02. The van der Waals surface area contributed by atoms with Gasteiger partial charge in [0, 0.05) is 13.1 Å². The minimum atomic E-state index is -0.888. The quantitative estimate of drug-likeness (QED) is 0.427. The zero-order valence-electron chi connectivity index (χ0n) is 17.2. The summed E-state index contributed by atoms with van der Waals surface area (Å²) in [6.07, 6.45) is 3.47. The van der Waals surface area contributed by atoms with E-state index in [1.54, 1.807) is 6.07 Å². The van der Waals surface area contributed by atoms with Crippen LogP contribution in [0.5, 0.6) is 0 Å². The highest BCUT2D eigenvalue weighted by Crippen LogP contribution is 2.22. The molecule has 164 valence electrons. The number of nitrogens with one attached hydrogen (secondary N) is 3. The van der Waals surface area contributed by atoms with Gasteiger partial charge in [0.1, 0.15) is 12.1 Å². The van der Waals surface area contributed by atoms with Crippen LogP contribution in [0.2, 0.25) is 0 Å². The summed E-state index contributed by atoms with van der Waals surface area (Å²) in [6.45, 7) is 7.75. The fourth-order valence-corrected chi connectivity index (χ4v) is 3.34. The molecule has 0 bridgehead atoms. The molecular formula is C20H29N5O5. The van der Waals surface area contributed by atoms with E-state index >= 15 is 0 Å². The Morgan fingerprint density at radius 2 is 2.10 bits per heavy atom. The summed E-state index contributed by atoms with van der Waals surface area (Å²) < 4.78 is 5.17. The summed E-state index contributed by atoms with van der Waals surface area (Å²) in [6, 6.07) is 0.452. The van der Waals surface area contributed by atoms with Crippen molar-refractivity contribution in [1.82, 2.24) is 20.9 Å². The summed E-state index contributed by atoms with van der Waals surface area (Å²) in [5, 5.41) is 7.98. The molecular weight excluding hydrogens is 390 g/mol. The van der Waals surface area contributed by atoms with Gasteiger partial charge in [-0.2, -0.15) is 0 Å². The minimum absolute atomic E-state index is 0.0817. The van der Waals surface area contributed by atoms with Gasteiger partial charge in [-0.3, -0.25) is 14.4 Å². The second-order valence-electron chi connectivity index (χ2n) is 7.62. The number of nitrogens with two attached hydrogens (primary N) is 1. The van der Waals surface area contributed by atoms with Crippen LogP contribution in [0.4, 0.5) is 4.79 Å². The van der Waals surface area contributed by atoms with Crippen LogP contribution >= 0.6 is 0 Å². The number of carbonyl (C=O) groups is 4. The van der Waals surface area contributed by atoms with Gasteiger partial charge in [0.15, 0.2) is 5.76 Å². The number of likely N-dealkylation sites (tertiary alicyclic amines) is 1. The Morgan fingerprint density at radius 3 is 2.67 bits per heavy atom. The molecule has 5 N–H and O–H groups in total. The molecule has 0 spiro atoms. The van der Waals surface area contributed by atoms with Crippen LogP contribution in [0.1, 0.15) is 37.2 Å². The lowest BCUT2D eigenvalue weighted by Crippen LogP contribution is -2.52. The van der Waals surface area contributed by atoms with Crippen LogP contribution in [-0.2, 0) is 9.59 Å². The summed E-state index contributed by atoms with van der Waals surface area (Å²) in [5.41, 5.74) is 5.42. The molecule has 30 heavy (non-hydrogen) atoms. The van der Waals surface area contributed by atoms with Gasteiger partial charge in [-0.15, -0.1) is 6.58 Å². The molecule has 0 radical (unpaired) electrons. The zero-order chi connectivity index (χ0) is 22.3. The van der Waals surface area contributed by atoms with Crippen molar-refractivity contribution in [3.63, 3.8) is 0 Å². The number of amides is 5. The first-order valence-electron chi connectivity index (χ1n) is 9.82. The summed E-state index contributed by atoms with van der Waals surface area (Å²) in [5.74, 6) is -1.41. The standard InChI is InChI=1S/C20H29N5O5/c1-4-7-22-20(29)23-13-10-15(18(27)24-14(17(21)26)9-12(2)3)25(11-13)19(28)16-6-5-8-30-16/h4-6,8,12-15H,1,7,9-11H2,2-3H3,(H2,21,26)(H,24,27)(H2,22,23,29). The third-order valence-electron chi connectivity index (χ3n) is 4.71. The number of rotatable bonds is 9. The van der Waals surface area contributed by atoms with E-state index in [0.29, 0.717) is 6.42 Å². The molecule has 10 nitrogen and oxygen atoms in total. The van der Waals surface area contributed by atoms with Crippen molar-refractivity contribution >= 4 is 23.8 Å². The van der Waals surface area contributed by atoms with E-state index in [0.717, 1.165) is 0 Å². The highest BCUT2D eigenvalue weighted by atomic mass is 16.3. The molecule has 5 amide bonds. The Labute approximate surface area is 175 Å². The van der Waals surface area contributed by atoms with E-state index in [1.165, 1.54) is 23.3 Å². The van der Waals surface area contributed by atoms with E-state index in [4.69, 9.17) is 10.2 Å². The molecule has 0 aromatic carbocycles. The van der Waals surface area contributed by atoms with Crippen molar-refractivity contribution in [2.45, 2.75) is 44.8 Å². The number of urea groups is 1. The Hall–Kier alpha value is -3.30. The average Bonchev–Trinajstić information content (AvgIpc) is 3.35. The fourth-order valence-electron chi connectivity index (χ4n) is 3.34. The van der Waals surface area contributed by atoms with Crippen molar-refractivity contribution in [2.75, 3.05) is 13.1 Å². The van der Waals surface area contributed by atoms with E-state index < -0.39 is 41.9 Å². The predicted octanol–water partition coefficient (Wildman–Crippen LogP) is 0.364. The highest BCUT2D eigenvalue weighted by Gasteiger charge is 2.42. The first-order valence-corrected chi connectivity index (χ1v) is 9.82. The molecule has 2 heterocycles. The summed E-state index contributed by atoms with van der Waals surface area (Å²) >= 11 is 0. The molecule has 1 saturated heterocycles. The van der Waals surface area contributed by atoms with Crippen molar-refractivity contribution in [2.24, 2.45) is 11.7 Å². The molecule has 3 atom stereocenters. The first-order chi connectivity index (χ1) is 14.2. The summed E-state index contributed by atoms with van der Waals surface area (Å²) in [4.78, 5) is 50.8. The van der Waals surface area contributed by atoms with Crippen LogP contribution < -0.4 is 21.7 Å². The van der Waals surface area contributed by atoms with Crippen LogP contribution in [0, 0.1) is 5.92 Å². The largest absolute Gasteiger partial charge is 0.459 e. The third kappa shape index (κ3) is 6.10. The number of nitrogens with zero attached hydrogens (tertiary/aromatic N) is 1. The number of hydrogen-bond acceptors (Lipinski definition) is 5. The third-order valence-corrected chi connectivity index (χ3v) is 4.71. The molecule has 3 unspecified atom stereocenters. The minimum Gasteiger partial charge on any atom is -0.459 e. The van der Waals surface area contributed by atoms with Crippen molar-refractivity contribution in [1.29, 1.82) is 0 Å². The average molecular weight is 419 g/mol. The monoisotopic (exact) mass is 419 g/mol. The SMILES string of the molecule is C=CCNC(=O)NC1CC(C(=O)NC(CC(C)C)C(N)=O)N(C(=O)c2ccco2)C1. The Bertz CT molecular complexity index is 777. The van der Waals surface area contributed by atoms with E-state index in [2.05, 4.69) is 22.5 Å². The second kappa shape index (κ2) is 10.5. The van der Waals surface area contributed by atoms with Crippen molar-refractivity contribution < 1.29 is 23.6 Å². The first kappa shape index (κ1) is 23.0. The van der Waals surface area contributed by atoms with Crippen LogP contribution in [0.15, 0.2) is 35.5 Å². The van der Waals surface area contributed by atoms with Crippen LogP contribution in [0.3, 0.4) is 0 Å². The fraction of sp³-hybridized carbons (Fsp3) is 0.500. The van der Waals surface area contributed by atoms with E-state index in [9.17, 15) is 19.2 Å². The van der Waals surface area contributed by atoms with Crippen molar-refractivity contribution in [3.05, 3.63) is 36.8 Å². The van der Waals surface area contributed by atoms with Crippen LogP contribution in [-0.4, -0.2) is 59.9 Å². The molecule has 0 aliphatic carbocycles. The van der Waals surface area contributed by atoms with Crippen molar-refractivity contribution in [3.8, 4) is 0 Å². The maximum absolute atomic E-state index is 12.9. The predicted molar refractivity (Wildman–Crippen MR) is 109 cm³/mol. The maximum atomic E-state index is 12.9. The highest BCUT2D eigenvalue weighted by molar-refractivity contribution is 5.97. The molecule has 1 aromatic rings. The topological polar surface area (TPSA) is 147 Å². The Balaban J connectivity index is 2.15. The van der Waals surface area contributed by atoms with Gasteiger partial charge >= 0.3 is 6.03 Å². The van der Waals surface area contributed by atoms with Gasteiger partial charge in [-0.05, 0) is 30.9 Å². The molecule has 1 aliphatic heterocycles. The number of furan rings is 1. The van der Waals surface area contributed by atoms with Gasteiger partial charge < -0.3 is 31.0 Å². The van der Waals surface area contributed by atoms with Gasteiger partial charge in [0.25, 0.3) is 5.91 Å². The summed E-state index contributed by atoms with van der Waals surface area (Å²) in [7, 11) is 0. The van der Waals surface area contributed by atoms with Gasteiger partial charge in [0.2, 0.25) is 11.8 Å².